The zero-order valence-corrected chi connectivity index (χ0v) is 56.3. The summed E-state index contributed by atoms with van der Waals surface area (Å²) in [5.74, 6) is 0.896. The van der Waals surface area contributed by atoms with Crippen LogP contribution in [0.1, 0.15) is 11.1 Å². The molecule has 494 valence electrons. The zero-order chi connectivity index (χ0) is 70.3. The third kappa shape index (κ3) is 10.8. The predicted octanol–water partition coefficient (Wildman–Crippen LogP) is 25.1. The first kappa shape index (κ1) is 62.0. The second-order valence-corrected chi connectivity index (χ2v) is 26.5. The van der Waals surface area contributed by atoms with E-state index in [1.807, 2.05) is 212 Å². The molecule has 0 saturated carbocycles. The van der Waals surface area contributed by atoms with Crippen molar-refractivity contribution in [1.82, 2.24) is 28.7 Å². The second kappa shape index (κ2) is 25.3. The molecule has 0 amide bonds. The summed E-state index contributed by atoms with van der Waals surface area (Å²) in [7, 11) is 0. The van der Waals surface area contributed by atoms with Gasteiger partial charge < -0.3 is 13.7 Å². The van der Waals surface area contributed by atoms with E-state index in [0.29, 0.717) is 50.4 Å². The normalized spacial score (nSPS) is 11.8. The van der Waals surface area contributed by atoms with Gasteiger partial charge in [0, 0.05) is 54.6 Å². The lowest BCUT2D eigenvalue weighted by molar-refractivity contribution is -0.136. The van der Waals surface area contributed by atoms with E-state index in [9.17, 15) is 5.26 Å². The van der Waals surface area contributed by atoms with Crippen LogP contribution in [0.25, 0.3) is 183 Å². The van der Waals surface area contributed by atoms with Crippen LogP contribution in [-0.2, 0) is 6.18 Å². The molecule has 7 nitrogen and oxygen atoms in total. The molecule has 0 bridgehead atoms. The van der Waals surface area contributed by atoms with Gasteiger partial charge >= 0.3 is 6.18 Å². The number of halogens is 3. The molecule has 105 heavy (non-hydrogen) atoms. The van der Waals surface area contributed by atoms with Gasteiger partial charge in [-0.15, -0.1) is 0 Å². The molecule has 0 aliphatic rings. The average molecular weight is 1350 g/mol. The van der Waals surface area contributed by atoms with Crippen LogP contribution in [0, 0.1) is 11.3 Å². The summed E-state index contributed by atoms with van der Waals surface area (Å²) in [5.41, 5.74) is 17.5. The number of hydrogen-bond acceptors (Lipinski definition) is 4. The lowest BCUT2D eigenvalue weighted by atomic mass is 9.94. The van der Waals surface area contributed by atoms with Crippen LogP contribution in [0.2, 0.25) is 0 Å². The largest absolute Gasteiger partial charge is 0.419 e. The lowest BCUT2D eigenvalue weighted by Crippen LogP contribution is -2.13. The Balaban J connectivity index is 0.879. The highest BCUT2D eigenvalue weighted by Gasteiger charge is 2.39. The van der Waals surface area contributed by atoms with Crippen molar-refractivity contribution >= 4 is 65.4 Å². The predicted molar refractivity (Wildman–Crippen MR) is 421 cm³/mol. The van der Waals surface area contributed by atoms with Crippen molar-refractivity contribution in [2.75, 3.05) is 0 Å². The first-order valence-corrected chi connectivity index (χ1v) is 34.8. The first-order chi connectivity index (χ1) is 51.6. The van der Waals surface area contributed by atoms with Gasteiger partial charge in [0.05, 0.1) is 67.4 Å². The van der Waals surface area contributed by atoms with Gasteiger partial charge in [0.2, 0.25) is 0 Å². The summed E-state index contributed by atoms with van der Waals surface area (Å²) in [4.78, 5) is 16.1. The molecule has 0 saturated heterocycles. The number of para-hydroxylation sites is 1. The zero-order valence-electron chi connectivity index (χ0n) is 56.3. The first-order valence-electron chi connectivity index (χ1n) is 34.8. The summed E-state index contributed by atoms with van der Waals surface area (Å²) in [6, 6.07) is 119. The van der Waals surface area contributed by atoms with Gasteiger partial charge in [-0.25, -0.2) is 15.0 Å². The Labute approximate surface area is 602 Å². The Hall–Kier alpha value is -14.0. The number of nitrogens with zero attached hydrogens (tertiary/aromatic N) is 7. The summed E-state index contributed by atoms with van der Waals surface area (Å²) in [5, 5.41) is 16.3. The number of alkyl halides is 3. The molecule has 0 radical (unpaired) electrons. The molecule has 0 unspecified atom stereocenters. The molecule has 0 spiro atoms. The highest BCUT2D eigenvalue weighted by molar-refractivity contribution is 6.15. The Morgan fingerprint density at radius 3 is 1.02 bits per heavy atom. The maximum Gasteiger partial charge on any atom is 0.419 e. The molecular weight excluding hydrogens is 1300 g/mol. The van der Waals surface area contributed by atoms with E-state index >= 15 is 13.2 Å². The van der Waals surface area contributed by atoms with E-state index < -0.39 is 11.7 Å². The quantitative estimate of drug-likeness (QED) is 0.122. The van der Waals surface area contributed by atoms with Crippen LogP contribution in [0.4, 0.5) is 13.2 Å². The molecule has 4 aromatic heterocycles. The Bertz CT molecular complexity index is 6480. The molecular formula is C95H58F3N7. The van der Waals surface area contributed by atoms with Gasteiger partial charge in [-0.3, -0.25) is 0 Å². The molecule has 0 N–H and O–H groups in total. The van der Waals surface area contributed by atoms with Crippen LogP contribution in [0.15, 0.2) is 352 Å². The van der Waals surface area contributed by atoms with Crippen molar-refractivity contribution in [2.24, 2.45) is 0 Å². The smallest absolute Gasteiger partial charge is 0.309 e. The number of benzene rings is 15. The van der Waals surface area contributed by atoms with E-state index in [1.54, 1.807) is 28.8 Å². The Morgan fingerprint density at radius 2 is 0.590 bits per heavy atom. The second-order valence-electron chi connectivity index (χ2n) is 26.5. The number of aromatic nitrogens is 6. The fraction of sp³-hybridized carbons (Fsp3) is 0.0105. The summed E-state index contributed by atoms with van der Waals surface area (Å²) in [6.07, 6.45) is -4.92. The van der Waals surface area contributed by atoms with E-state index in [4.69, 9.17) is 15.0 Å². The van der Waals surface area contributed by atoms with Crippen LogP contribution < -0.4 is 0 Å². The maximum atomic E-state index is 17.5. The topological polar surface area (TPSA) is 77.2 Å². The average Bonchev–Trinajstić information content (AvgIpc) is 1.62. The molecule has 19 aromatic rings. The Kier molecular flexibility index (Phi) is 14.9. The molecule has 0 atom stereocenters. The monoisotopic (exact) mass is 1350 g/mol. The van der Waals surface area contributed by atoms with Gasteiger partial charge in [0.25, 0.3) is 0 Å². The van der Waals surface area contributed by atoms with Crippen LogP contribution in [-0.4, -0.2) is 28.7 Å². The number of nitriles is 1. The number of fused-ring (bicyclic) bond motifs is 9. The van der Waals surface area contributed by atoms with Gasteiger partial charge in [0.15, 0.2) is 17.5 Å². The third-order valence-electron chi connectivity index (χ3n) is 20.4. The molecule has 10 heteroatoms. The standard InChI is InChI=1S/C95H58F3N7/c96-95(97,98)91-75(35-21-37-89(91)104-84-48-41-68(62-24-9-2-10-25-62)54-77(84)78-55-69(42-49-85(78)104)63-26-11-3-12-27-63)74-45-39-72(58-90(74)105-86-50-43-70(64-28-13-4-14-29-64)56-79(86)80-57-71(44-51-87(80)105)65-30-15-5-16-31-65)93-100-92(66-32-17-6-18-33-66)101-94(102-93)81-52-60(59-99)38-46-88(81)103-82-36-20-19-34-73(82)76-53-67(40-47-83(76)103)61-22-7-1-8-23-61/h1-58H. The molecule has 4 heterocycles. The number of rotatable bonds is 12. The minimum Gasteiger partial charge on any atom is -0.309 e. The molecule has 0 aliphatic carbocycles. The van der Waals surface area contributed by atoms with E-state index in [1.165, 1.54) is 0 Å². The van der Waals surface area contributed by atoms with Crippen LogP contribution in [0.3, 0.4) is 0 Å². The molecule has 19 rings (SSSR count). The third-order valence-corrected chi connectivity index (χ3v) is 20.4. The van der Waals surface area contributed by atoms with Crippen LogP contribution >= 0.6 is 0 Å². The molecule has 0 fully saturated rings. The van der Waals surface area contributed by atoms with Crippen molar-refractivity contribution in [3.63, 3.8) is 0 Å². The Morgan fingerprint density at radius 1 is 0.238 bits per heavy atom. The maximum absolute atomic E-state index is 17.5. The summed E-state index contributed by atoms with van der Waals surface area (Å²) < 4.78 is 58.6. The van der Waals surface area contributed by atoms with Crippen molar-refractivity contribution in [3.05, 3.63) is 363 Å². The van der Waals surface area contributed by atoms with E-state index in [2.05, 4.69) is 130 Å². The summed E-state index contributed by atoms with van der Waals surface area (Å²) in [6.45, 7) is 0. The molecule has 15 aromatic carbocycles. The van der Waals surface area contributed by atoms with Crippen molar-refractivity contribution in [3.8, 4) is 124 Å². The summed E-state index contributed by atoms with van der Waals surface area (Å²) >= 11 is 0. The lowest BCUT2D eigenvalue weighted by Gasteiger charge is -2.22. The highest BCUT2D eigenvalue weighted by Crippen LogP contribution is 2.49. The fourth-order valence-corrected chi connectivity index (χ4v) is 15.5. The van der Waals surface area contributed by atoms with Gasteiger partial charge in [-0.2, -0.15) is 18.4 Å². The molecule has 0 aliphatic heterocycles. The van der Waals surface area contributed by atoms with E-state index in [0.717, 1.165) is 116 Å². The van der Waals surface area contributed by atoms with Crippen LogP contribution in [0.5, 0.6) is 0 Å². The van der Waals surface area contributed by atoms with Gasteiger partial charge in [-0.05, 0) is 158 Å². The fourth-order valence-electron chi connectivity index (χ4n) is 15.5. The minimum atomic E-state index is -4.92. The van der Waals surface area contributed by atoms with E-state index in [-0.39, 0.29) is 22.9 Å². The van der Waals surface area contributed by atoms with Gasteiger partial charge in [-0.1, -0.05) is 255 Å². The minimum absolute atomic E-state index is 0.0259. The van der Waals surface area contributed by atoms with Gasteiger partial charge in [0.1, 0.15) is 0 Å². The highest BCUT2D eigenvalue weighted by atomic mass is 19.4. The number of hydrogen-bond donors (Lipinski definition) is 0. The SMILES string of the molecule is N#Cc1ccc(-n2c3ccccc3c3cc(-c4ccccc4)ccc32)c(-c2nc(-c3ccccc3)nc(-c3ccc(-c4cccc(-n5c6ccc(-c7ccccc7)cc6c6cc(-c7ccccc7)ccc65)c4C(F)(F)F)c(-n4c5ccc(-c6ccccc6)cc5c5cc(-c6ccccc6)ccc54)c3)n2)c1. The van der Waals surface area contributed by atoms with Crippen molar-refractivity contribution in [1.29, 1.82) is 5.26 Å². The van der Waals surface area contributed by atoms with Crippen molar-refractivity contribution in [2.45, 2.75) is 6.18 Å². The van der Waals surface area contributed by atoms with Crippen molar-refractivity contribution < 1.29 is 13.2 Å².